The van der Waals surface area contributed by atoms with E-state index < -0.39 is 6.10 Å². The molecule has 5 heteroatoms. The molecule has 0 aliphatic carbocycles. The molecule has 0 saturated carbocycles. The zero-order valence-electron chi connectivity index (χ0n) is 10.5. The van der Waals surface area contributed by atoms with E-state index in [1.165, 1.54) is 5.56 Å². The van der Waals surface area contributed by atoms with Crippen molar-refractivity contribution in [2.75, 3.05) is 13.1 Å². The number of carbonyl (C=O) groups is 1. The third-order valence-electron chi connectivity index (χ3n) is 3.02. The quantitative estimate of drug-likeness (QED) is 0.458. The highest BCUT2D eigenvalue weighted by atomic mass is 16.5. The number of ether oxygens (including phenoxy) is 1. The first-order valence-corrected chi connectivity index (χ1v) is 6.11. The van der Waals surface area contributed by atoms with Crippen LogP contribution in [0, 0.1) is 0 Å². The molecule has 1 fully saturated rings. The van der Waals surface area contributed by atoms with Gasteiger partial charge in [-0.15, -0.1) is 0 Å². The van der Waals surface area contributed by atoms with Crippen molar-refractivity contribution in [3.8, 4) is 0 Å². The Bertz CT molecular complexity index is 396. The smallest absolute Gasteiger partial charge is 0.264 e. The Morgan fingerprint density at radius 3 is 2.83 bits per heavy atom. The standard InChI is InChI=1S/C13H19N3O2/c1-10-7-16(8-11-5-3-2-4-6-11)9-12(18-10)13(17)15-14/h2-6,10,12H,7-9,14H2,1H3,(H,15,17)/t10-,12-/m1/s1. The van der Waals surface area contributed by atoms with E-state index in [1.54, 1.807) is 0 Å². The lowest BCUT2D eigenvalue weighted by atomic mass is 10.1. The van der Waals surface area contributed by atoms with Gasteiger partial charge in [0, 0.05) is 19.6 Å². The molecular formula is C13H19N3O2. The molecule has 3 N–H and O–H groups in total. The monoisotopic (exact) mass is 249 g/mol. The predicted octanol–water partition coefficient (Wildman–Crippen LogP) is 0.266. The molecule has 0 radical (unpaired) electrons. The van der Waals surface area contributed by atoms with Gasteiger partial charge in [0.15, 0.2) is 6.10 Å². The molecule has 2 rings (SSSR count). The first-order chi connectivity index (χ1) is 8.69. The molecule has 1 aliphatic heterocycles. The van der Waals surface area contributed by atoms with Gasteiger partial charge in [0.25, 0.3) is 5.91 Å². The van der Waals surface area contributed by atoms with Gasteiger partial charge in [0.2, 0.25) is 0 Å². The van der Waals surface area contributed by atoms with Crippen LogP contribution in [0.5, 0.6) is 0 Å². The Morgan fingerprint density at radius 1 is 1.44 bits per heavy atom. The number of carbonyl (C=O) groups excluding carboxylic acids is 1. The minimum atomic E-state index is -0.484. The van der Waals surface area contributed by atoms with E-state index in [4.69, 9.17) is 10.6 Å². The number of nitrogens with zero attached hydrogens (tertiary/aromatic N) is 1. The van der Waals surface area contributed by atoms with Crippen molar-refractivity contribution in [1.29, 1.82) is 0 Å². The molecule has 1 aliphatic rings. The van der Waals surface area contributed by atoms with Crippen LogP contribution in [0.2, 0.25) is 0 Å². The highest BCUT2D eigenvalue weighted by Crippen LogP contribution is 2.14. The van der Waals surface area contributed by atoms with Gasteiger partial charge in [-0.05, 0) is 12.5 Å². The van der Waals surface area contributed by atoms with Gasteiger partial charge in [0.05, 0.1) is 6.10 Å². The lowest BCUT2D eigenvalue weighted by Crippen LogP contribution is -2.53. The number of hydrogen-bond acceptors (Lipinski definition) is 4. The molecule has 1 aromatic rings. The molecule has 98 valence electrons. The predicted molar refractivity (Wildman–Crippen MR) is 68.4 cm³/mol. The van der Waals surface area contributed by atoms with E-state index in [9.17, 15) is 4.79 Å². The summed E-state index contributed by atoms with van der Waals surface area (Å²) in [6, 6.07) is 10.2. The fourth-order valence-electron chi connectivity index (χ4n) is 2.25. The van der Waals surface area contributed by atoms with E-state index in [0.717, 1.165) is 13.1 Å². The Kier molecular flexibility index (Phi) is 4.30. The Balaban J connectivity index is 1.98. The van der Waals surface area contributed by atoms with Gasteiger partial charge >= 0.3 is 0 Å². The lowest BCUT2D eigenvalue weighted by molar-refractivity contribution is -0.146. The number of hydrazine groups is 1. The van der Waals surface area contributed by atoms with Gasteiger partial charge in [0.1, 0.15) is 0 Å². The summed E-state index contributed by atoms with van der Waals surface area (Å²) in [6.07, 6.45) is -0.452. The maximum absolute atomic E-state index is 11.5. The van der Waals surface area contributed by atoms with Crippen molar-refractivity contribution in [2.45, 2.75) is 25.7 Å². The van der Waals surface area contributed by atoms with Crippen LogP contribution < -0.4 is 11.3 Å². The zero-order valence-corrected chi connectivity index (χ0v) is 10.5. The molecule has 5 nitrogen and oxygen atoms in total. The zero-order chi connectivity index (χ0) is 13.0. The summed E-state index contributed by atoms with van der Waals surface area (Å²) in [6.45, 7) is 4.18. The summed E-state index contributed by atoms with van der Waals surface area (Å²) < 4.78 is 5.57. The normalized spacial score (nSPS) is 24.8. The number of hydrogen-bond donors (Lipinski definition) is 2. The van der Waals surface area contributed by atoms with Crippen molar-refractivity contribution >= 4 is 5.91 Å². The second-order valence-electron chi connectivity index (χ2n) is 4.62. The second-order valence-corrected chi connectivity index (χ2v) is 4.62. The lowest BCUT2D eigenvalue weighted by Gasteiger charge is -2.35. The second kappa shape index (κ2) is 5.95. The Labute approximate surface area is 107 Å². The number of nitrogens with two attached hydrogens (primary N) is 1. The number of nitrogens with one attached hydrogen (secondary N) is 1. The van der Waals surface area contributed by atoms with Gasteiger partial charge in [-0.2, -0.15) is 0 Å². The van der Waals surface area contributed by atoms with Crippen LogP contribution in [0.3, 0.4) is 0 Å². The van der Waals surface area contributed by atoms with Crippen LogP contribution >= 0.6 is 0 Å². The van der Waals surface area contributed by atoms with Crippen molar-refractivity contribution < 1.29 is 9.53 Å². The topological polar surface area (TPSA) is 67.6 Å². The molecule has 18 heavy (non-hydrogen) atoms. The van der Waals surface area contributed by atoms with Crippen LogP contribution in [0.1, 0.15) is 12.5 Å². The fraction of sp³-hybridized carbons (Fsp3) is 0.462. The fourth-order valence-corrected chi connectivity index (χ4v) is 2.25. The van der Waals surface area contributed by atoms with Crippen LogP contribution in [0.25, 0.3) is 0 Å². The summed E-state index contributed by atoms with van der Waals surface area (Å²) in [5.74, 6) is 4.88. The van der Waals surface area contributed by atoms with E-state index in [0.29, 0.717) is 6.54 Å². The van der Waals surface area contributed by atoms with E-state index in [1.807, 2.05) is 25.1 Å². The molecule has 1 saturated heterocycles. The average molecular weight is 249 g/mol. The summed E-state index contributed by atoms with van der Waals surface area (Å²) in [7, 11) is 0. The number of benzene rings is 1. The first-order valence-electron chi connectivity index (χ1n) is 6.11. The SMILES string of the molecule is C[C@@H]1CN(Cc2ccccc2)C[C@H](C(=O)NN)O1. The van der Waals surface area contributed by atoms with Crippen LogP contribution in [-0.2, 0) is 16.1 Å². The molecule has 0 aromatic heterocycles. The summed E-state index contributed by atoms with van der Waals surface area (Å²) in [4.78, 5) is 13.7. The molecule has 0 spiro atoms. The third kappa shape index (κ3) is 3.29. The molecule has 1 aromatic carbocycles. The minimum Gasteiger partial charge on any atom is -0.363 e. The van der Waals surface area contributed by atoms with Crippen molar-refractivity contribution in [3.05, 3.63) is 35.9 Å². The molecule has 0 unspecified atom stereocenters. The summed E-state index contributed by atoms with van der Waals surface area (Å²) in [5.41, 5.74) is 3.38. The van der Waals surface area contributed by atoms with Gasteiger partial charge in [-0.1, -0.05) is 30.3 Å². The molecule has 1 amide bonds. The van der Waals surface area contributed by atoms with Crippen molar-refractivity contribution in [1.82, 2.24) is 10.3 Å². The molecule has 0 bridgehead atoms. The minimum absolute atomic E-state index is 0.0322. The van der Waals surface area contributed by atoms with Gasteiger partial charge in [-0.25, -0.2) is 5.84 Å². The summed E-state index contributed by atoms with van der Waals surface area (Å²) in [5, 5.41) is 0. The van der Waals surface area contributed by atoms with Crippen molar-refractivity contribution in [3.63, 3.8) is 0 Å². The Morgan fingerprint density at radius 2 is 2.17 bits per heavy atom. The van der Waals surface area contributed by atoms with E-state index in [2.05, 4.69) is 22.5 Å². The molecular weight excluding hydrogens is 230 g/mol. The highest BCUT2D eigenvalue weighted by Gasteiger charge is 2.29. The average Bonchev–Trinajstić information content (AvgIpc) is 2.38. The van der Waals surface area contributed by atoms with Gasteiger partial charge in [-0.3, -0.25) is 15.1 Å². The number of morpholine rings is 1. The molecule has 1 heterocycles. The maximum Gasteiger partial charge on any atom is 0.264 e. The van der Waals surface area contributed by atoms with Gasteiger partial charge < -0.3 is 4.74 Å². The van der Waals surface area contributed by atoms with E-state index >= 15 is 0 Å². The maximum atomic E-state index is 11.5. The third-order valence-corrected chi connectivity index (χ3v) is 3.02. The first kappa shape index (κ1) is 13.0. The summed E-state index contributed by atoms with van der Waals surface area (Å²) >= 11 is 0. The highest BCUT2D eigenvalue weighted by molar-refractivity contribution is 5.80. The van der Waals surface area contributed by atoms with Crippen LogP contribution in [-0.4, -0.2) is 36.1 Å². The number of rotatable bonds is 3. The number of amides is 1. The van der Waals surface area contributed by atoms with Crippen LogP contribution in [0.4, 0.5) is 0 Å². The van der Waals surface area contributed by atoms with E-state index in [-0.39, 0.29) is 12.0 Å². The molecule has 2 atom stereocenters. The largest absolute Gasteiger partial charge is 0.363 e. The van der Waals surface area contributed by atoms with Crippen molar-refractivity contribution in [2.24, 2.45) is 5.84 Å². The van der Waals surface area contributed by atoms with Crippen LogP contribution in [0.15, 0.2) is 30.3 Å². The Hall–Kier alpha value is -1.43.